The maximum atomic E-state index is 6.28. The van der Waals surface area contributed by atoms with E-state index in [0.29, 0.717) is 35.1 Å². The van der Waals surface area contributed by atoms with Crippen LogP contribution in [0, 0.1) is 0 Å². The van der Waals surface area contributed by atoms with Crippen molar-refractivity contribution in [2.24, 2.45) is 0 Å². The number of hydrogen-bond acceptors (Lipinski definition) is 13. The summed E-state index contributed by atoms with van der Waals surface area (Å²) in [5.41, 5.74) is 27.6. The molecular weight excluding hydrogens is 1600 g/mol. The van der Waals surface area contributed by atoms with Crippen molar-refractivity contribution in [2.45, 2.75) is 0 Å². The van der Waals surface area contributed by atoms with E-state index in [1.807, 2.05) is 182 Å². The molecule has 7 aromatic heterocycles. The summed E-state index contributed by atoms with van der Waals surface area (Å²) in [7, 11) is 0. The second kappa shape index (κ2) is 32.4. The van der Waals surface area contributed by atoms with Gasteiger partial charge in [-0.2, -0.15) is 0 Å². The highest BCUT2D eigenvalue weighted by Gasteiger charge is 2.21. The Hall–Kier alpha value is -17.8. The third kappa shape index (κ3) is 14.3. The molecule has 26 aromatic rings. The fourth-order valence-electron chi connectivity index (χ4n) is 17.6. The van der Waals surface area contributed by atoms with Crippen LogP contribution in [-0.4, -0.2) is 44.9 Å². The number of para-hydroxylation sites is 11. The molecule has 19 aromatic carbocycles. The zero-order valence-electron chi connectivity index (χ0n) is 69.6. The summed E-state index contributed by atoms with van der Waals surface area (Å²) < 4.78 is 24.2. The van der Waals surface area contributed by atoms with Gasteiger partial charge in [0, 0.05) is 82.6 Å². The van der Waals surface area contributed by atoms with Crippen molar-refractivity contribution in [3.8, 4) is 136 Å². The molecule has 0 saturated heterocycles. The third-order valence-corrected chi connectivity index (χ3v) is 24.2. The van der Waals surface area contributed by atoms with E-state index >= 15 is 0 Å². The van der Waals surface area contributed by atoms with Gasteiger partial charge in [0.15, 0.2) is 34.2 Å². The molecule has 0 spiro atoms. The first-order valence-electron chi connectivity index (χ1n) is 43.2. The number of fused-ring (bicyclic) bond motifs is 13. The number of benzene rings is 19. The number of nitrogens with zero attached hydrogens (tertiary/aromatic N) is 9. The lowest BCUT2D eigenvalue weighted by Gasteiger charge is -2.12. The van der Waals surface area contributed by atoms with E-state index in [1.54, 1.807) is 0 Å². The Morgan fingerprint density at radius 3 is 0.908 bits per heavy atom. The summed E-state index contributed by atoms with van der Waals surface area (Å²) in [6, 6.07) is 147. The zero-order chi connectivity index (χ0) is 86.0. The average molecular weight is 1670 g/mol. The molecule has 0 amide bonds. The fraction of sp³-hybridized carbons (Fsp3) is 0. The Morgan fingerprint density at radius 1 is 0.146 bits per heavy atom. The summed E-state index contributed by atoms with van der Waals surface area (Å²) in [6.07, 6.45) is 0. The van der Waals surface area contributed by atoms with Crippen molar-refractivity contribution in [2.75, 3.05) is 0 Å². The fourth-order valence-corrected chi connectivity index (χ4v) is 17.6. The molecule has 0 atom stereocenters. The van der Waals surface area contributed by atoms with Gasteiger partial charge in [-0.3, -0.25) is 0 Å². The molecule has 0 bridgehead atoms. The van der Waals surface area contributed by atoms with Crippen LogP contribution < -0.4 is 0 Å². The van der Waals surface area contributed by atoms with E-state index in [1.165, 1.54) is 43.4 Å². The minimum absolute atomic E-state index is 0.601. The van der Waals surface area contributed by atoms with Crippen molar-refractivity contribution in [1.29, 1.82) is 0 Å². The molecular formula is C117H71N9O4. The van der Waals surface area contributed by atoms with Gasteiger partial charge in [0.05, 0.1) is 33.6 Å². The van der Waals surface area contributed by atoms with Gasteiger partial charge in [0.1, 0.15) is 27.7 Å². The van der Waals surface area contributed by atoms with Gasteiger partial charge in [-0.15, -0.1) is 0 Å². The maximum Gasteiger partial charge on any atom is 0.227 e. The predicted octanol–water partition coefficient (Wildman–Crippen LogP) is 30.7. The van der Waals surface area contributed by atoms with Crippen LogP contribution in [0.4, 0.5) is 0 Å². The Labute approximate surface area is 744 Å². The van der Waals surface area contributed by atoms with E-state index < -0.39 is 0 Å². The Bertz CT molecular complexity index is 8750. The lowest BCUT2D eigenvalue weighted by molar-refractivity contribution is 0.619. The van der Waals surface area contributed by atoms with Crippen molar-refractivity contribution in [1.82, 2.24) is 44.9 Å². The molecule has 0 aliphatic carbocycles. The number of oxazole rings is 3. The second-order valence-electron chi connectivity index (χ2n) is 32.2. The lowest BCUT2D eigenvalue weighted by atomic mass is 9.93. The standard InChI is InChI=1S/C41H25N3O.C39H23N3O2.C37H23N3O/c1-2-10-31-30(9-1)25-35(33-12-4-3-11-32(31)33)26-17-21-28(22-18-26)40-42-36-14-6-5-13-34(36)39(44-40)27-19-23-29(24-20-27)41-43-37-15-7-8-16-38(37)45-41;1-3-12-32-31(9-1)36(25-18-22-27(23-19-25)39-41-33-13-4-6-15-35(33)44-39)42-38(40-32)26-20-16-24(17-21-26)28-10-7-11-30-29-8-2-5-14-34(29)43-37(28)30;1-2-8-29-23-30(22-15-24(29)7-1)25-13-18-27(19-14-25)36-38-32-10-4-3-9-31(32)35(40-36)26-16-20-28(21-17-26)37-39-33-11-5-6-12-34(33)41-37/h1-25H;1-23H;1-23H. The van der Waals surface area contributed by atoms with Gasteiger partial charge in [0.25, 0.3) is 0 Å². The van der Waals surface area contributed by atoms with E-state index in [-0.39, 0.29) is 0 Å². The Balaban J connectivity index is 0.000000108. The molecule has 0 saturated carbocycles. The third-order valence-electron chi connectivity index (χ3n) is 24.2. The van der Waals surface area contributed by atoms with Crippen molar-refractivity contribution >= 4 is 120 Å². The smallest absolute Gasteiger partial charge is 0.227 e. The van der Waals surface area contributed by atoms with Gasteiger partial charge in [-0.25, -0.2) is 44.9 Å². The highest BCUT2D eigenvalue weighted by Crippen LogP contribution is 2.42. The van der Waals surface area contributed by atoms with Crippen molar-refractivity contribution in [3.05, 3.63) is 431 Å². The molecule has 0 fully saturated rings. The predicted molar refractivity (Wildman–Crippen MR) is 526 cm³/mol. The van der Waals surface area contributed by atoms with Gasteiger partial charge in [0.2, 0.25) is 17.7 Å². The minimum atomic E-state index is 0.601. The summed E-state index contributed by atoms with van der Waals surface area (Å²) in [5, 5.41) is 12.8. The van der Waals surface area contributed by atoms with Crippen LogP contribution in [0.25, 0.3) is 256 Å². The second-order valence-corrected chi connectivity index (χ2v) is 32.2. The highest BCUT2D eigenvalue weighted by atomic mass is 16.4. The Kier molecular flexibility index (Phi) is 18.9. The molecule has 13 nitrogen and oxygen atoms in total. The zero-order valence-corrected chi connectivity index (χ0v) is 69.6. The summed E-state index contributed by atoms with van der Waals surface area (Å²) >= 11 is 0. The summed E-state index contributed by atoms with van der Waals surface area (Å²) in [5.74, 6) is 3.89. The minimum Gasteiger partial charge on any atom is -0.455 e. The monoisotopic (exact) mass is 1670 g/mol. The van der Waals surface area contributed by atoms with Gasteiger partial charge < -0.3 is 17.7 Å². The number of rotatable bonds is 12. The molecule has 0 aliphatic rings. The van der Waals surface area contributed by atoms with Crippen molar-refractivity contribution in [3.63, 3.8) is 0 Å². The molecule has 0 radical (unpaired) electrons. The number of hydrogen-bond donors (Lipinski definition) is 0. The topological polar surface area (TPSA) is 169 Å². The highest BCUT2D eigenvalue weighted by molar-refractivity contribution is 6.14. The quantitative estimate of drug-likeness (QED) is 0.106. The molecule has 7 heterocycles. The van der Waals surface area contributed by atoms with Crippen LogP contribution in [0.15, 0.2) is 448 Å². The SMILES string of the molecule is c1ccc2c(c1)cc(-c1ccc(-c3nc(-c4ccc(-c5nc6ccccc6o5)cc4)c4ccccc4n3)cc1)c1ccccc12.c1ccc2cc(-c3ccc(-c4nc(-c5ccc(-c6nc7ccccc7o6)cc5)c5ccccc5n4)cc3)ccc2c1.c1ccc2oc(-c3ccc(-c4nc(-c5ccc(-c6cccc7c6oc6ccccc67)cc5)nc5ccccc45)cc3)nc2c1. The molecule has 0 aliphatic heterocycles. The first-order chi connectivity index (χ1) is 64.3. The molecule has 608 valence electrons. The normalized spacial score (nSPS) is 11.5. The van der Waals surface area contributed by atoms with Crippen LogP contribution in [0.1, 0.15) is 0 Å². The molecule has 26 rings (SSSR count). The van der Waals surface area contributed by atoms with Crippen molar-refractivity contribution < 1.29 is 17.7 Å². The largest absolute Gasteiger partial charge is 0.455 e. The summed E-state index contributed by atoms with van der Waals surface area (Å²) in [4.78, 5) is 44.1. The molecule has 130 heavy (non-hydrogen) atoms. The van der Waals surface area contributed by atoms with E-state index in [9.17, 15) is 0 Å². The van der Waals surface area contributed by atoms with Crippen LogP contribution in [-0.2, 0) is 0 Å². The molecule has 13 heteroatoms. The Morgan fingerprint density at radius 2 is 0.462 bits per heavy atom. The lowest BCUT2D eigenvalue weighted by Crippen LogP contribution is -1.95. The number of aromatic nitrogens is 9. The molecule has 0 unspecified atom stereocenters. The van der Waals surface area contributed by atoms with Crippen LogP contribution in [0.5, 0.6) is 0 Å². The molecule has 0 N–H and O–H groups in total. The first-order valence-corrected chi connectivity index (χ1v) is 43.2. The maximum absolute atomic E-state index is 6.28. The van der Waals surface area contributed by atoms with Gasteiger partial charge in [-0.1, -0.05) is 322 Å². The van der Waals surface area contributed by atoms with E-state index in [0.717, 1.165) is 177 Å². The van der Waals surface area contributed by atoms with Gasteiger partial charge >= 0.3 is 0 Å². The number of furan rings is 1. The van der Waals surface area contributed by atoms with Gasteiger partial charge in [-0.05, 0) is 169 Å². The average Bonchev–Trinajstić information content (AvgIpc) is 1.26. The van der Waals surface area contributed by atoms with E-state index in [2.05, 4.69) is 264 Å². The van der Waals surface area contributed by atoms with Crippen LogP contribution in [0.3, 0.4) is 0 Å². The van der Waals surface area contributed by atoms with E-state index in [4.69, 9.17) is 47.6 Å². The summed E-state index contributed by atoms with van der Waals surface area (Å²) in [6.45, 7) is 0. The van der Waals surface area contributed by atoms with Crippen LogP contribution >= 0.6 is 0 Å². The van der Waals surface area contributed by atoms with Crippen LogP contribution in [0.2, 0.25) is 0 Å². The first kappa shape index (κ1) is 75.9.